The van der Waals surface area contributed by atoms with Crippen molar-refractivity contribution >= 4 is 17.2 Å². The highest BCUT2D eigenvalue weighted by molar-refractivity contribution is 7.11. The molecule has 2 aromatic heterocycles. The number of aryl methyl sites for hydroxylation is 2. The van der Waals surface area contributed by atoms with E-state index in [-0.39, 0.29) is 17.6 Å². The number of nitrogens with zero attached hydrogens (tertiary/aromatic N) is 3. The highest BCUT2D eigenvalue weighted by Crippen LogP contribution is 2.23. The number of amides is 1. The summed E-state index contributed by atoms with van der Waals surface area (Å²) >= 11 is 1.34. The van der Waals surface area contributed by atoms with Crippen LogP contribution in [0.1, 0.15) is 33.0 Å². The number of aromatic amines is 1. The van der Waals surface area contributed by atoms with E-state index in [1.165, 1.54) is 17.4 Å². The molecule has 3 heterocycles. The summed E-state index contributed by atoms with van der Waals surface area (Å²) in [5.41, 5.74) is 2.75. The first-order valence-electron chi connectivity index (χ1n) is 6.93. The number of rotatable bonds is 2. The van der Waals surface area contributed by atoms with E-state index in [1.807, 2.05) is 6.92 Å². The summed E-state index contributed by atoms with van der Waals surface area (Å²) in [5, 5.41) is 0. The smallest absolute Gasteiger partial charge is 0.266 e. The third-order valence-corrected chi connectivity index (χ3v) is 4.42. The summed E-state index contributed by atoms with van der Waals surface area (Å²) in [4.78, 5) is 37.5. The Balaban J connectivity index is 1.81. The lowest BCUT2D eigenvalue weighted by molar-refractivity contribution is -0.0247. The van der Waals surface area contributed by atoms with E-state index in [0.29, 0.717) is 36.1 Å². The molecule has 1 fully saturated rings. The maximum atomic E-state index is 12.5. The molecule has 1 saturated heterocycles. The van der Waals surface area contributed by atoms with Crippen LogP contribution in [0.4, 0.5) is 0 Å². The molecule has 0 radical (unpaired) electrons. The van der Waals surface area contributed by atoms with Crippen LogP contribution in [0, 0.1) is 13.8 Å². The highest BCUT2D eigenvalue weighted by Gasteiger charge is 2.28. The molecule has 0 aromatic carbocycles. The van der Waals surface area contributed by atoms with Crippen LogP contribution < -0.4 is 5.56 Å². The Labute approximate surface area is 131 Å². The number of morpholine rings is 1. The van der Waals surface area contributed by atoms with Crippen LogP contribution >= 0.6 is 11.3 Å². The van der Waals surface area contributed by atoms with E-state index >= 15 is 0 Å². The van der Waals surface area contributed by atoms with Gasteiger partial charge in [0.05, 0.1) is 30.1 Å². The maximum absolute atomic E-state index is 12.5. The molecule has 7 nitrogen and oxygen atoms in total. The Morgan fingerprint density at radius 3 is 3.00 bits per heavy atom. The van der Waals surface area contributed by atoms with Gasteiger partial charge in [-0.2, -0.15) is 0 Å². The summed E-state index contributed by atoms with van der Waals surface area (Å²) in [6.07, 6.45) is -0.382. The van der Waals surface area contributed by atoms with Crippen LogP contribution in [-0.4, -0.2) is 45.5 Å². The van der Waals surface area contributed by atoms with Crippen molar-refractivity contribution in [3.05, 3.63) is 44.0 Å². The molecule has 3 rings (SSSR count). The largest absolute Gasteiger partial charge is 0.368 e. The Hall–Kier alpha value is -2.06. The molecule has 0 bridgehead atoms. The number of carbonyl (C=O) groups is 1. The molecule has 0 saturated carbocycles. The van der Waals surface area contributed by atoms with Gasteiger partial charge in [0, 0.05) is 12.6 Å². The molecule has 0 aliphatic carbocycles. The van der Waals surface area contributed by atoms with Crippen LogP contribution in [-0.2, 0) is 4.74 Å². The van der Waals surface area contributed by atoms with E-state index in [4.69, 9.17) is 4.74 Å². The van der Waals surface area contributed by atoms with Gasteiger partial charge >= 0.3 is 0 Å². The van der Waals surface area contributed by atoms with E-state index in [0.717, 1.165) is 5.69 Å². The monoisotopic (exact) mass is 320 g/mol. The topological polar surface area (TPSA) is 88.2 Å². The van der Waals surface area contributed by atoms with Crippen molar-refractivity contribution in [3.8, 4) is 0 Å². The fraction of sp³-hybridized carbons (Fsp3) is 0.429. The minimum Gasteiger partial charge on any atom is -0.368 e. The molecule has 0 spiro atoms. The van der Waals surface area contributed by atoms with Gasteiger partial charge in [-0.1, -0.05) is 0 Å². The van der Waals surface area contributed by atoms with Gasteiger partial charge in [0.2, 0.25) is 0 Å². The third kappa shape index (κ3) is 2.93. The lowest BCUT2D eigenvalue weighted by Crippen LogP contribution is -2.42. The van der Waals surface area contributed by atoms with Crippen molar-refractivity contribution in [2.75, 3.05) is 19.7 Å². The second kappa shape index (κ2) is 5.98. The zero-order chi connectivity index (χ0) is 15.7. The van der Waals surface area contributed by atoms with Crippen molar-refractivity contribution in [2.45, 2.75) is 20.0 Å². The normalized spacial score (nSPS) is 18.5. The fourth-order valence-corrected chi connectivity index (χ4v) is 3.20. The summed E-state index contributed by atoms with van der Waals surface area (Å²) in [7, 11) is 0. The Morgan fingerprint density at radius 1 is 1.50 bits per heavy atom. The van der Waals surface area contributed by atoms with Gasteiger partial charge in [-0.3, -0.25) is 9.59 Å². The fourth-order valence-electron chi connectivity index (χ4n) is 2.43. The van der Waals surface area contributed by atoms with Gasteiger partial charge in [0.1, 0.15) is 16.8 Å². The number of thiazole rings is 1. The van der Waals surface area contributed by atoms with Crippen LogP contribution in [0.5, 0.6) is 0 Å². The molecule has 22 heavy (non-hydrogen) atoms. The van der Waals surface area contributed by atoms with Crippen molar-refractivity contribution in [3.63, 3.8) is 0 Å². The van der Waals surface area contributed by atoms with Crippen LogP contribution in [0.25, 0.3) is 0 Å². The molecule has 1 atom stereocenters. The number of H-pyrrole nitrogens is 1. The number of carbonyl (C=O) groups excluding carboxylic acids is 1. The summed E-state index contributed by atoms with van der Waals surface area (Å²) in [5.74, 6) is 0.489. The molecule has 2 aromatic rings. The Bertz CT molecular complexity index is 755. The number of nitrogens with one attached hydrogen (secondary N) is 1. The Morgan fingerprint density at radius 2 is 2.32 bits per heavy atom. The van der Waals surface area contributed by atoms with Gasteiger partial charge in [0.25, 0.3) is 11.5 Å². The summed E-state index contributed by atoms with van der Waals surface area (Å²) in [6, 6.07) is 1.42. The van der Waals surface area contributed by atoms with Crippen molar-refractivity contribution in [2.24, 2.45) is 0 Å². The van der Waals surface area contributed by atoms with Crippen molar-refractivity contribution in [1.29, 1.82) is 0 Å². The quantitative estimate of drug-likeness (QED) is 0.894. The first-order valence-corrected chi connectivity index (χ1v) is 7.81. The molecular weight excluding hydrogens is 304 g/mol. The lowest BCUT2D eigenvalue weighted by atomic mass is 10.2. The minimum atomic E-state index is -0.382. The number of hydrogen-bond acceptors (Lipinski definition) is 6. The lowest BCUT2D eigenvalue weighted by Gasteiger charge is -2.32. The second-order valence-electron chi connectivity index (χ2n) is 5.13. The van der Waals surface area contributed by atoms with Crippen molar-refractivity contribution in [1.82, 2.24) is 19.9 Å². The molecule has 1 aliphatic heterocycles. The zero-order valence-electron chi connectivity index (χ0n) is 12.3. The van der Waals surface area contributed by atoms with Gasteiger partial charge < -0.3 is 14.6 Å². The third-order valence-electron chi connectivity index (χ3n) is 3.50. The highest BCUT2D eigenvalue weighted by atomic mass is 32.1. The maximum Gasteiger partial charge on any atom is 0.266 e. The zero-order valence-corrected chi connectivity index (χ0v) is 13.1. The summed E-state index contributed by atoms with van der Waals surface area (Å²) in [6.45, 7) is 4.86. The Kier molecular flexibility index (Phi) is 4.04. The number of hydrogen-bond donors (Lipinski definition) is 1. The molecule has 0 unspecified atom stereocenters. The molecule has 1 amide bonds. The average Bonchev–Trinajstić information content (AvgIpc) is 2.92. The molecule has 1 aliphatic rings. The van der Waals surface area contributed by atoms with Gasteiger partial charge in [-0.15, -0.1) is 11.3 Å². The van der Waals surface area contributed by atoms with Gasteiger partial charge in [0.15, 0.2) is 0 Å². The first-order chi connectivity index (χ1) is 10.5. The molecule has 8 heteroatoms. The van der Waals surface area contributed by atoms with Crippen molar-refractivity contribution < 1.29 is 9.53 Å². The number of aromatic nitrogens is 3. The van der Waals surface area contributed by atoms with E-state index in [2.05, 4.69) is 15.0 Å². The molecule has 116 valence electrons. The van der Waals surface area contributed by atoms with Crippen LogP contribution in [0.2, 0.25) is 0 Å². The minimum absolute atomic E-state index is 0.0464. The van der Waals surface area contributed by atoms with Gasteiger partial charge in [-0.25, -0.2) is 9.97 Å². The molecular formula is C14H16N4O3S. The second-order valence-corrected chi connectivity index (χ2v) is 5.99. The number of ether oxygens (including phenoxy) is 1. The van der Waals surface area contributed by atoms with Gasteiger partial charge in [-0.05, 0) is 13.8 Å². The SMILES string of the molecule is Cc1nc([C@H]2CN(C(=O)c3scnc3C)CCO2)cc(=O)[nH]1. The first kappa shape index (κ1) is 14.9. The standard InChI is InChI=1S/C14H16N4O3S/c1-8-13(22-7-15-8)14(20)18-3-4-21-11(6-18)10-5-12(19)17-9(2)16-10/h5,7,11H,3-4,6H2,1-2H3,(H,16,17,19)/t11-/m1/s1. The average molecular weight is 320 g/mol. The van der Waals surface area contributed by atoms with Crippen LogP contribution in [0.3, 0.4) is 0 Å². The molecule has 1 N–H and O–H groups in total. The van der Waals surface area contributed by atoms with E-state index in [1.54, 1.807) is 17.3 Å². The van der Waals surface area contributed by atoms with E-state index < -0.39 is 0 Å². The van der Waals surface area contributed by atoms with Crippen LogP contribution in [0.15, 0.2) is 16.4 Å². The summed E-state index contributed by atoms with van der Waals surface area (Å²) < 4.78 is 5.68. The predicted octanol–water partition coefficient (Wildman–Crippen LogP) is 1.06. The van der Waals surface area contributed by atoms with E-state index in [9.17, 15) is 9.59 Å². The predicted molar refractivity (Wildman–Crippen MR) is 81.0 cm³/mol.